The molecule has 2 fully saturated rings. The quantitative estimate of drug-likeness (QED) is 0.631. The first-order chi connectivity index (χ1) is 17.7. The molecule has 0 radical (unpaired) electrons. The minimum Gasteiger partial charge on any atom is -0.354 e. The SMILES string of the molecule is CC1CCN(C(=O)CC#N)CC1N(C)c1nc(N(C)C2CN(C(=O)CC#N)CCC2C)c2cc[nH]c2n1. The van der Waals surface area contributed by atoms with Crippen LogP contribution in [0.1, 0.15) is 39.5 Å². The Labute approximate surface area is 217 Å². The Bertz CT molecular complexity index is 1230. The van der Waals surface area contributed by atoms with Crippen molar-refractivity contribution in [2.45, 2.75) is 51.6 Å². The van der Waals surface area contributed by atoms with Crippen LogP contribution in [0.25, 0.3) is 11.0 Å². The van der Waals surface area contributed by atoms with E-state index in [2.05, 4.69) is 23.7 Å². The first-order valence-electron chi connectivity index (χ1n) is 12.8. The number of aromatic amines is 1. The van der Waals surface area contributed by atoms with Crippen LogP contribution in [0.15, 0.2) is 12.3 Å². The van der Waals surface area contributed by atoms with E-state index in [-0.39, 0.29) is 36.7 Å². The molecule has 0 bridgehead atoms. The molecule has 196 valence electrons. The van der Waals surface area contributed by atoms with Gasteiger partial charge in [-0.05, 0) is 30.7 Å². The van der Waals surface area contributed by atoms with Gasteiger partial charge in [0.25, 0.3) is 0 Å². The summed E-state index contributed by atoms with van der Waals surface area (Å²) in [4.78, 5) is 45.6. The molecule has 2 saturated heterocycles. The van der Waals surface area contributed by atoms with E-state index < -0.39 is 0 Å². The highest BCUT2D eigenvalue weighted by Crippen LogP contribution is 2.32. The van der Waals surface area contributed by atoms with E-state index in [1.165, 1.54) is 0 Å². The lowest BCUT2D eigenvalue weighted by Gasteiger charge is -2.43. The van der Waals surface area contributed by atoms with Crippen molar-refractivity contribution in [2.75, 3.05) is 50.1 Å². The number of anilines is 2. The Hall–Kier alpha value is -3.86. The Balaban J connectivity index is 1.63. The Morgan fingerprint density at radius 3 is 2.05 bits per heavy atom. The molecule has 2 aliphatic rings. The van der Waals surface area contributed by atoms with Crippen molar-refractivity contribution in [3.63, 3.8) is 0 Å². The van der Waals surface area contributed by atoms with Crippen LogP contribution < -0.4 is 9.80 Å². The van der Waals surface area contributed by atoms with Crippen molar-refractivity contribution in [3.8, 4) is 12.1 Å². The lowest BCUT2D eigenvalue weighted by Crippen LogP contribution is -2.53. The van der Waals surface area contributed by atoms with Crippen molar-refractivity contribution >= 4 is 34.6 Å². The number of nitrogens with one attached hydrogen (secondary N) is 1. The number of nitrogens with zero attached hydrogens (tertiary/aromatic N) is 8. The highest BCUT2D eigenvalue weighted by Gasteiger charge is 2.35. The zero-order valence-electron chi connectivity index (χ0n) is 22.0. The number of rotatable bonds is 6. The van der Waals surface area contributed by atoms with E-state index in [9.17, 15) is 9.59 Å². The number of hydrogen-bond acceptors (Lipinski definition) is 8. The molecule has 4 heterocycles. The Kier molecular flexibility index (Phi) is 7.82. The molecule has 0 aromatic carbocycles. The fraction of sp³-hybridized carbons (Fsp3) is 0.615. The average Bonchev–Trinajstić information content (AvgIpc) is 3.37. The summed E-state index contributed by atoms with van der Waals surface area (Å²) >= 11 is 0. The molecule has 1 N–H and O–H groups in total. The Morgan fingerprint density at radius 2 is 1.51 bits per heavy atom. The van der Waals surface area contributed by atoms with Crippen LogP contribution in [0.3, 0.4) is 0 Å². The number of nitriles is 2. The molecule has 2 aliphatic heterocycles. The minimum atomic E-state index is -0.143. The number of aromatic nitrogens is 3. The maximum absolute atomic E-state index is 12.4. The summed E-state index contributed by atoms with van der Waals surface area (Å²) in [7, 11) is 3.96. The summed E-state index contributed by atoms with van der Waals surface area (Å²) in [6, 6.07) is 5.94. The van der Waals surface area contributed by atoms with E-state index >= 15 is 0 Å². The second-order valence-electron chi connectivity index (χ2n) is 10.3. The number of carbonyl (C=O) groups is 2. The van der Waals surface area contributed by atoms with Crippen LogP contribution >= 0.6 is 0 Å². The van der Waals surface area contributed by atoms with Gasteiger partial charge >= 0.3 is 0 Å². The predicted molar refractivity (Wildman–Crippen MR) is 139 cm³/mol. The molecule has 2 amide bonds. The summed E-state index contributed by atoms with van der Waals surface area (Å²) in [6.45, 7) is 6.72. The number of likely N-dealkylation sites (tertiary alicyclic amines) is 2. The van der Waals surface area contributed by atoms with Crippen molar-refractivity contribution in [1.29, 1.82) is 10.5 Å². The first kappa shape index (κ1) is 26.2. The van der Waals surface area contributed by atoms with Gasteiger partial charge in [0.05, 0.1) is 29.6 Å². The fourth-order valence-corrected chi connectivity index (χ4v) is 5.56. The highest BCUT2D eigenvalue weighted by molar-refractivity contribution is 5.89. The van der Waals surface area contributed by atoms with Crippen molar-refractivity contribution < 1.29 is 9.59 Å². The van der Waals surface area contributed by atoms with E-state index in [0.29, 0.717) is 44.0 Å². The van der Waals surface area contributed by atoms with Gasteiger partial charge in [-0.2, -0.15) is 20.5 Å². The van der Waals surface area contributed by atoms with E-state index in [0.717, 1.165) is 29.7 Å². The molecule has 4 unspecified atom stereocenters. The van der Waals surface area contributed by atoms with E-state index in [1.54, 1.807) is 9.80 Å². The second kappa shape index (κ2) is 11.0. The molecule has 2 aromatic rings. The van der Waals surface area contributed by atoms with Crippen LogP contribution in [0, 0.1) is 34.5 Å². The number of H-pyrrole nitrogens is 1. The highest BCUT2D eigenvalue weighted by atomic mass is 16.2. The zero-order valence-corrected chi connectivity index (χ0v) is 22.0. The van der Waals surface area contributed by atoms with Crippen molar-refractivity contribution in [2.24, 2.45) is 11.8 Å². The van der Waals surface area contributed by atoms with Gasteiger partial charge < -0.3 is 24.6 Å². The number of piperidine rings is 2. The first-order valence-corrected chi connectivity index (χ1v) is 12.8. The van der Waals surface area contributed by atoms with Gasteiger partial charge in [0.2, 0.25) is 17.8 Å². The van der Waals surface area contributed by atoms with Crippen molar-refractivity contribution in [3.05, 3.63) is 12.3 Å². The maximum atomic E-state index is 12.4. The molecule has 0 saturated carbocycles. The summed E-state index contributed by atoms with van der Waals surface area (Å²) < 4.78 is 0. The van der Waals surface area contributed by atoms with Crippen LogP contribution in [-0.2, 0) is 9.59 Å². The minimum absolute atomic E-state index is 0.00894. The molecular formula is C26H35N9O2. The Morgan fingerprint density at radius 1 is 0.973 bits per heavy atom. The molecule has 2 aromatic heterocycles. The molecule has 4 rings (SSSR count). The van der Waals surface area contributed by atoms with Crippen LogP contribution in [0.4, 0.5) is 11.8 Å². The predicted octanol–water partition coefficient (Wildman–Crippen LogP) is 2.13. The van der Waals surface area contributed by atoms with E-state index in [4.69, 9.17) is 20.5 Å². The lowest BCUT2D eigenvalue weighted by molar-refractivity contribution is -0.132. The summed E-state index contributed by atoms with van der Waals surface area (Å²) in [5, 5.41) is 18.8. The molecule has 37 heavy (non-hydrogen) atoms. The number of likely N-dealkylation sites (N-methyl/N-ethyl adjacent to an activating group) is 2. The van der Waals surface area contributed by atoms with Crippen molar-refractivity contribution in [1.82, 2.24) is 24.8 Å². The van der Waals surface area contributed by atoms with Gasteiger partial charge in [-0.15, -0.1) is 0 Å². The number of fused-ring (bicyclic) bond motifs is 1. The molecule has 0 aliphatic carbocycles. The summed E-state index contributed by atoms with van der Waals surface area (Å²) in [6.07, 6.45) is 3.32. The normalized spacial score (nSPS) is 23.8. The summed E-state index contributed by atoms with van der Waals surface area (Å²) in [5.41, 5.74) is 0.723. The van der Waals surface area contributed by atoms with E-state index in [1.807, 2.05) is 43.4 Å². The third kappa shape index (κ3) is 5.31. The second-order valence-corrected chi connectivity index (χ2v) is 10.3. The average molecular weight is 506 g/mol. The maximum Gasteiger partial charge on any atom is 0.236 e. The van der Waals surface area contributed by atoms with Gasteiger partial charge in [-0.3, -0.25) is 9.59 Å². The fourth-order valence-electron chi connectivity index (χ4n) is 5.56. The molecule has 11 nitrogen and oxygen atoms in total. The molecule has 4 atom stereocenters. The smallest absolute Gasteiger partial charge is 0.236 e. The van der Waals surface area contributed by atoms with Gasteiger partial charge in [0.1, 0.15) is 24.3 Å². The number of carbonyl (C=O) groups excluding carboxylic acids is 2. The molecular weight excluding hydrogens is 470 g/mol. The number of hydrogen-bond donors (Lipinski definition) is 1. The third-order valence-corrected chi connectivity index (χ3v) is 8.03. The zero-order chi connectivity index (χ0) is 26.7. The topological polar surface area (TPSA) is 136 Å². The molecule has 0 spiro atoms. The monoisotopic (exact) mass is 505 g/mol. The van der Waals surface area contributed by atoms with Gasteiger partial charge in [-0.25, -0.2) is 0 Å². The largest absolute Gasteiger partial charge is 0.354 e. The molecule has 11 heteroatoms. The summed E-state index contributed by atoms with van der Waals surface area (Å²) in [5.74, 6) is 1.71. The van der Waals surface area contributed by atoms with Gasteiger partial charge in [0.15, 0.2) is 0 Å². The van der Waals surface area contributed by atoms with Crippen LogP contribution in [-0.4, -0.2) is 88.9 Å². The van der Waals surface area contributed by atoms with Gasteiger partial charge in [0, 0.05) is 46.5 Å². The lowest BCUT2D eigenvalue weighted by atomic mass is 9.92. The van der Waals surface area contributed by atoms with Gasteiger partial charge in [-0.1, -0.05) is 13.8 Å². The van der Waals surface area contributed by atoms with Crippen LogP contribution in [0.2, 0.25) is 0 Å². The van der Waals surface area contributed by atoms with Crippen LogP contribution in [0.5, 0.6) is 0 Å². The third-order valence-electron chi connectivity index (χ3n) is 8.03. The standard InChI is InChI=1S/C26H35N9O2/c1-17-8-13-34(22(36)5-10-27)15-20(17)32(3)25-19-7-12-29-24(19)30-26(31-25)33(4)21-16-35(14-9-18(21)2)23(37)6-11-28/h7,12,17-18,20-21H,5-6,8-9,13-16H2,1-4H3,(H,29,30,31). The number of amides is 2.